The van der Waals surface area contributed by atoms with Crippen molar-refractivity contribution in [1.82, 2.24) is 0 Å². The van der Waals surface area contributed by atoms with Crippen LogP contribution in [0.4, 0.5) is 0 Å². The van der Waals surface area contributed by atoms with Crippen molar-refractivity contribution >= 4 is 13.2 Å². The highest BCUT2D eigenvalue weighted by Crippen LogP contribution is 2.40. The van der Waals surface area contributed by atoms with E-state index in [1.807, 2.05) is 0 Å². The topological polar surface area (TPSA) is 0 Å². The highest BCUT2D eigenvalue weighted by atomic mass is 31.2. The van der Waals surface area contributed by atoms with E-state index in [1.165, 1.54) is 50.8 Å². The molecule has 1 heteroatoms. The average Bonchev–Trinajstić information content (AvgIpc) is 2.17. The fourth-order valence-electron chi connectivity index (χ4n) is 1.96. The second-order valence-electron chi connectivity index (χ2n) is 5.40. The molecule has 2 unspecified atom stereocenters. The van der Waals surface area contributed by atoms with Crippen LogP contribution in [0.25, 0.3) is 0 Å². The summed E-state index contributed by atoms with van der Waals surface area (Å²) in [7, 11) is 0. The number of hydrogen-bond donors (Lipinski definition) is 0. The normalized spacial score (nSPS) is 17.3. The third-order valence-electron chi connectivity index (χ3n) is 3.44. The zero-order valence-electron chi connectivity index (χ0n) is 11.4. The van der Waals surface area contributed by atoms with E-state index in [0.717, 1.165) is 5.92 Å². The molecule has 0 radical (unpaired) electrons. The van der Waals surface area contributed by atoms with Gasteiger partial charge >= 0.3 is 0 Å². The van der Waals surface area contributed by atoms with Crippen molar-refractivity contribution in [2.24, 2.45) is 5.92 Å². The van der Waals surface area contributed by atoms with E-state index in [9.17, 15) is 0 Å². The molecule has 0 aromatic heterocycles. The van der Waals surface area contributed by atoms with Crippen molar-refractivity contribution in [2.45, 2.75) is 59.3 Å². The van der Waals surface area contributed by atoms with Crippen LogP contribution in [-0.4, -0.2) is 25.3 Å². The first-order valence-electron chi connectivity index (χ1n) is 6.70. The maximum absolute atomic E-state index is 4.36. The van der Waals surface area contributed by atoms with E-state index >= 15 is 0 Å². The molecular formula is C14H31P. The number of rotatable bonds is 9. The van der Waals surface area contributed by atoms with Crippen LogP contribution < -0.4 is 0 Å². The predicted octanol–water partition coefficient (Wildman–Crippen LogP) is 5.08. The molecule has 0 bridgehead atoms. The molecule has 0 heterocycles. The highest BCUT2D eigenvalue weighted by molar-refractivity contribution is 7.72. The summed E-state index contributed by atoms with van der Waals surface area (Å²) in [6.07, 6.45) is 15.6. The molecular weight excluding hydrogens is 199 g/mol. The molecule has 0 aliphatic carbocycles. The molecule has 0 nitrogen and oxygen atoms in total. The van der Waals surface area contributed by atoms with Crippen molar-refractivity contribution in [2.75, 3.05) is 19.0 Å². The van der Waals surface area contributed by atoms with Gasteiger partial charge < -0.3 is 0 Å². The first-order valence-corrected chi connectivity index (χ1v) is 9.50. The van der Waals surface area contributed by atoms with Crippen molar-refractivity contribution in [3.8, 4) is 0 Å². The largest absolute Gasteiger partial charge is 0.115 e. The fourth-order valence-corrected chi connectivity index (χ4v) is 3.26. The van der Waals surface area contributed by atoms with Gasteiger partial charge in [0, 0.05) is 0 Å². The van der Waals surface area contributed by atoms with E-state index in [1.54, 1.807) is 0 Å². The lowest BCUT2D eigenvalue weighted by atomic mass is 9.99. The second-order valence-corrected chi connectivity index (χ2v) is 9.72. The maximum atomic E-state index is 4.36. The van der Waals surface area contributed by atoms with E-state index in [-0.39, 0.29) is 0 Å². The molecule has 0 aromatic carbocycles. The lowest BCUT2D eigenvalue weighted by Crippen LogP contribution is -1.95. The summed E-state index contributed by atoms with van der Waals surface area (Å²) in [4.78, 5) is 0. The molecule has 2 atom stereocenters. The molecule has 0 rings (SSSR count). The summed E-state index contributed by atoms with van der Waals surface area (Å²) in [5, 5.41) is 0. The standard InChI is InChI=1S/C14H31P/c1-6-11-14(3)12-9-8-10-13-15(4,5)7-2/h14H,4,6-13H2,1-3,5H3. The zero-order valence-corrected chi connectivity index (χ0v) is 12.3. The van der Waals surface area contributed by atoms with Gasteiger partial charge in [-0.2, -0.15) is 0 Å². The van der Waals surface area contributed by atoms with Gasteiger partial charge in [-0.25, -0.2) is 0 Å². The Morgan fingerprint density at radius 3 is 2.27 bits per heavy atom. The van der Waals surface area contributed by atoms with Gasteiger partial charge in [-0.1, -0.05) is 52.9 Å². The summed E-state index contributed by atoms with van der Waals surface area (Å²) in [6.45, 7) is 8.63. The first-order chi connectivity index (χ1) is 7.02. The van der Waals surface area contributed by atoms with Crippen LogP contribution in [0.2, 0.25) is 0 Å². The van der Waals surface area contributed by atoms with Crippen molar-refractivity contribution < 1.29 is 0 Å². The summed E-state index contributed by atoms with van der Waals surface area (Å²) in [6, 6.07) is 0. The zero-order chi connectivity index (χ0) is 11.7. The lowest BCUT2D eigenvalue weighted by Gasteiger charge is -2.16. The van der Waals surface area contributed by atoms with Crippen LogP contribution in [0.5, 0.6) is 0 Å². The van der Waals surface area contributed by atoms with E-state index in [0.29, 0.717) is 0 Å². The predicted molar refractivity (Wildman–Crippen MR) is 77.9 cm³/mol. The average molecular weight is 230 g/mol. The molecule has 0 fully saturated rings. The van der Waals surface area contributed by atoms with Crippen LogP contribution >= 0.6 is 6.89 Å². The van der Waals surface area contributed by atoms with E-state index in [4.69, 9.17) is 0 Å². The lowest BCUT2D eigenvalue weighted by molar-refractivity contribution is 0.459. The maximum Gasteiger partial charge on any atom is -0.0335 e. The monoisotopic (exact) mass is 230 g/mol. The van der Waals surface area contributed by atoms with Crippen LogP contribution in [0.15, 0.2) is 0 Å². The van der Waals surface area contributed by atoms with Gasteiger partial charge in [-0.05, 0) is 31.3 Å². The highest BCUT2D eigenvalue weighted by Gasteiger charge is 2.04. The molecule has 0 aromatic rings. The minimum atomic E-state index is -0.750. The third kappa shape index (κ3) is 9.24. The number of unbranched alkanes of at least 4 members (excludes halogenated alkanes) is 2. The van der Waals surface area contributed by atoms with Crippen molar-refractivity contribution in [1.29, 1.82) is 0 Å². The summed E-state index contributed by atoms with van der Waals surface area (Å²) >= 11 is 0. The molecule has 0 amide bonds. The van der Waals surface area contributed by atoms with Gasteiger partial charge in [-0.15, -0.1) is 13.2 Å². The Morgan fingerprint density at radius 2 is 1.73 bits per heavy atom. The van der Waals surface area contributed by atoms with E-state index < -0.39 is 6.89 Å². The van der Waals surface area contributed by atoms with Gasteiger partial charge in [0.05, 0.1) is 0 Å². The van der Waals surface area contributed by atoms with Crippen LogP contribution in [0.3, 0.4) is 0 Å². The molecule has 0 saturated carbocycles. The third-order valence-corrected chi connectivity index (χ3v) is 6.36. The van der Waals surface area contributed by atoms with Crippen molar-refractivity contribution in [3.63, 3.8) is 0 Å². The molecule has 0 N–H and O–H groups in total. The summed E-state index contributed by atoms with van der Waals surface area (Å²) in [5.41, 5.74) is 0. The smallest absolute Gasteiger partial charge is 0.0335 e. The molecule has 0 aliphatic heterocycles. The molecule has 0 saturated heterocycles. The Balaban J connectivity index is 3.36. The molecule has 15 heavy (non-hydrogen) atoms. The Morgan fingerprint density at radius 1 is 1.07 bits per heavy atom. The second kappa shape index (κ2) is 8.45. The van der Waals surface area contributed by atoms with Crippen LogP contribution in [0.1, 0.15) is 59.3 Å². The van der Waals surface area contributed by atoms with Gasteiger partial charge in [0.15, 0.2) is 0 Å². The van der Waals surface area contributed by atoms with Crippen molar-refractivity contribution in [3.05, 3.63) is 0 Å². The van der Waals surface area contributed by atoms with Gasteiger partial charge in [-0.3, -0.25) is 0 Å². The minimum absolute atomic E-state index is 0.750. The molecule has 0 spiro atoms. The number of hydrogen-bond acceptors (Lipinski definition) is 0. The molecule has 92 valence electrons. The molecule has 0 aliphatic rings. The fraction of sp³-hybridized carbons (Fsp3) is 0.929. The van der Waals surface area contributed by atoms with Gasteiger partial charge in [0.2, 0.25) is 0 Å². The summed E-state index contributed by atoms with van der Waals surface area (Å²) in [5.74, 6) is 0.946. The first kappa shape index (κ1) is 15.3. The summed E-state index contributed by atoms with van der Waals surface area (Å²) < 4.78 is 0. The Kier molecular flexibility index (Phi) is 8.62. The Bertz CT molecular complexity index is 184. The van der Waals surface area contributed by atoms with Crippen LogP contribution in [-0.2, 0) is 0 Å². The Hall–Kier alpha value is 0.300. The van der Waals surface area contributed by atoms with Crippen LogP contribution in [0, 0.1) is 5.92 Å². The minimum Gasteiger partial charge on any atom is -0.115 e. The Labute approximate surface area is 97.8 Å². The SMILES string of the molecule is C=P(C)(CC)CCCCCC(C)CCC. The quantitative estimate of drug-likeness (QED) is 0.382. The van der Waals surface area contributed by atoms with Gasteiger partial charge in [0.1, 0.15) is 0 Å². The van der Waals surface area contributed by atoms with Gasteiger partial charge in [0.25, 0.3) is 0 Å². The van der Waals surface area contributed by atoms with E-state index in [2.05, 4.69) is 33.7 Å².